The Morgan fingerprint density at radius 2 is 1.58 bits per heavy atom. The summed E-state index contributed by atoms with van der Waals surface area (Å²) in [5, 5.41) is 3.37. The number of likely N-dealkylation sites (tertiary alicyclic amines) is 1. The Bertz CT molecular complexity index is 291. The Labute approximate surface area is 122 Å². The van der Waals surface area contributed by atoms with Crippen LogP contribution in [0.4, 0.5) is 0 Å². The van der Waals surface area contributed by atoms with Gasteiger partial charge in [0, 0.05) is 19.5 Å². The van der Waals surface area contributed by atoms with Crippen LogP contribution in [-0.4, -0.2) is 37.0 Å². The number of amides is 1. The van der Waals surface area contributed by atoms with Crippen LogP contribution in [0.5, 0.6) is 0 Å². The highest BCUT2D eigenvalue weighted by molar-refractivity contribution is 5.85. The molecule has 0 spiro atoms. The summed E-state index contributed by atoms with van der Waals surface area (Å²) in [7, 11) is 0. The van der Waals surface area contributed by atoms with Crippen molar-refractivity contribution >= 4 is 18.3 Å². The molecule has 3 aliphatic rings. The minimum atomic E-state index is 0. The summed E-state index contributed by atoms with van der Waals surface area (Å²) in [5.74, 6) is 2.74. The van der Waals surface area contributed by atoms with Crippen molar-refractivity contribution in [3.05, 3.63) is 0 Å². The van der Waals surface area contributed by atoms with Crippen LogP contribution in [0.3, 0.4) is 0 Å². The monoisotopic (exact) mass is 286 g/mol. The van der Waals surface area contributed by atoms with Crippen molar-refractivity contribution in [3.8, 4) is 0 Å². The normalized spacial score (nSPS) is 31.7. The summed E-state index contributed by atoms with van der Waals surface area (Å²) in [6.45, 7) is 4.33. The summed E-state index contributed by atoms with van der Waals surface area (Å²) >= 11 is 0. The molecule has 2 unspecified atom stereocenters. The molecule has 2 saturated heterocycles. The number of nitrogens with zero attached hydrogens (tertiary/aromatic N) is 1. The van der Waals surface area contributed by atoms with Crippen LogP contribution in [0.25, 0.3) is 0 Å². The summed E-state index contributed by atoms with van der Waals surface area (Å²) in [6, 6.07) is 0. The molecule has 0 aromatic carbocycles. The van der Waals surface area contributed by atoms with Gasteiger partial charge in [-0.1, -0.05) is 12.8 Å². The number of halogens is 1. The second-order valence-electron chi connectivity index (χ2n) is 6.50. The number of hydrogen-bond acceptors (Lipinski definition) is 2. The fourth-order valence-corrected chi connectivity index (χ4v) is 4.07. The zero-order chi connectivity index (χ0) is 12.4. The van der Waals surface area contributed by atoms with E-state index in [1.807, 2.05) is 0 Å². The highest BCUT2D eigenvalue weighted by Gasteiger charge is 2.36. The smallest absolute Gasteiger partial charge is 0.222 e. The van der Waals surface area contributed by atoms with Crippen molar-refractivity contribution in [2.45, 2.75) is 44.9 Å². The lowest BCUT2D eigenvalue weighted by Crippen LogP contribution is -2.34. The molecule has 0 bridgehead atoms. The van der Waals surface area contributed by atoms with Gasteiger partial charge in [-0.3, -0.25) is 4.79 Å². The minimum absolute atomic E-state index is 0. The molecule has 110 valence electrons. The number of piperidine rings is 1. The zero-order valence-corrected chi connectivity index (χ0v) is 12.6. The van der Waals surface area contributed by atoms with Gasteiger partial charge in [-0.05, 0) is 56.5 Å². The topological polar surface area (TPSA) is 32.3 Å². The molecule has 4 heteroatoms. The molecular weight excluding hydrogens is 260 g/mol. The lowest BCUT2D eigenvalue weighted by atomic mass is 9.82. The molecule has 1 amide bonds. The van der Waals surface area contributed by atoms with Gasteiger partial charge in [0.1, 0.15) is 0 Å². The van der Waals surface area contributed by atoms with Crippen LogP contribution in [0.1, 0.15) is 44.9 Å². The molecule has 0 aromatic rings. The van der Waals surface area contributed by atoms with Crippen molar-refractivity contribution < 1.29 is 4.79 Å². The average Bonchev–Trinajstić information content (AvgIpc) is 2.84. The maximum Gasteiger partial charge on any atom is 0.222 e. The first kappa shape index (κ1) is 15.1. The van der Waals surface area contributed by atoms with E-state index >= 15 is 0 Å². The van der Waals surface area contributed by atoms with Gasteiger partial charge in [-0.2, -0.15) is 0 Å². The van der Waals surface area contributed by atoms with Crippen molar-refractivity contribution in [1.82, 2.24) is 10.2 Å². The number of fused-ring (bicyclic) bond motifs is 1. The van der Waals surface area contributed by atoms with Crippen LogP contribution >= 0.6 is 12.4 Å². The summed E-state index contributed by atoms with van der Waals surface area (Å²) in [5.41, 5.74) is 0. The summed E-state index contributed by atoms with van der Waals surface area (Å²) in [6.07, 6.45) is 8.68. The third-order valence-corrected chi connectivity index (χ3v) is 5.25. The molecule has 19 heavy (non-hydrogen) atoms. The lowest BCUT2D eigenvalue weighted by molar-refractivity contribution is -0.131. The van der Waals surface area contributed by atoms with Crippen LogP contribution < -0.4 is 5.32 Å². The van der Waals surface area contributed by atoms with Crippen molar-refractivity contribution in [3.63, 3.8) is 0 Å². The molecule has 0 radical (unpaired) electrons. The Balaban J connectivity index is 0.00000133. The Morgan fingerprint density at radius 1 is 1.00 bits per heavy atom. The minimum Gasteiger partial charge on any atom is -0.342 e. The van der Waals surface area contributed by atoms with Gasteiger partial charge in [-0.15, -0.1) is 12.4 Å². The van der Waals surface area contributed by atoms with Gasteiger partial charge in [-0.25, -0.2) is 0 Å². The lowest BCUT2D eigenvalue weighted by Gasteiger charge is -2.24. The SMILES string of the molecule is Cl.O=C(CC1CCNCC1)N1CC2CCCCC2C1. The molecule has 2 aliphatic heterocycles. The first-order valence-corrected chi connectivity index (χ1v) is 7.81. The molecule has 1 aliphatic carbocycles. The van der Waals surface area contributed by atoms with Crippen molar-refractivity contribution in [1.29, 1.82) is 0 Å². The molecule has 1 saturated carbocycles. The first-order chi connectivity index (χ1) is 8.83. The van der Waals surface area contributed by atoms with E-state index < -0.39 is 0 Å². The van der Waals surface area contributed by atoms with Crippen LogP contribution in [-0.2, 0) is 4.79 Å². The maximum atomic E-state index is 12.4. The number of hydrogen-bond donors (Lipinski definition) is 1. The maximum absolute atomic E-state index is 12.4. The molecule has 0 aromatic heterocycles. The third kappa shape index (κ3) is 3.63. The van der Waals surface area contributed by atoms with E-state index in [0.717, 1.165) is 44.4 Å². The fourth-order valence-electron chi connectivity index (χ4n) is 4.07. The van der Waals surface area contributed by atoms with E-state index in [1.54, 1.807) is 0 Å². The van der Waals surface area contributed by atoms with Crippen LogP contribution in [0.2, 0.25) is 0 Å². The van der Waals surface area contributed by atoms with E-state index in [0.29, 0.717) is 11.8 Å². The standard InChI is InChI=1S/C15H26N2O.ClH/c18-15(9-12-5-7-16-8-6-12)17-10-13-3-1-2-4-14(13)11-17;/h12-14,16H,1-11H2;1H. The van der Waals surface area contributed by atoms with E-state index in [9.17, 15) is 4.79 Å². The molecule has 1 N–H and O–H groups in total. The van der Waals surface area contributed by atoms with Gasteiger partial charge in [0.15, 0.2) is 0 Å². The molecule has 2 atom stereocenters. The average molecular weight is 287 g/mol. The second-order valence-corrected chi connectivity index (χ2v) is 6.50. The second kappa shape index (κ2) is 6.94. The van der Waals surface area contributed by atoms with E-state index in [2.05, 4.69) is 10.2 Å². The predicted molar refractivity (Wildman–Crippen MR) is 79.5 cm³/mol. The van der Waals surface area contributed by atoms with E-state index in [4.69, 9.17) is 0 Å². The fraction of sp³-hybridized carbons (Fsp3) is 0.933. The largest absolute Gasteiger partial charge is 0.342 e. The van der Waals surface area contributed by atoms with Crippen LogP contribution in [0, 0.1) is 17.8 Å². The molecule has 3 nitrogen and oxygen atoms in total. The van der Waals surface area contributed by atoms with E-state index in [1.165, 1.54) is 38.5 Å². The zero-order valence-electron chi connectivity index (χ0n) is 11.8. The molecule has 3 rings (SSSR count). The van der Waals surface area contributed by atoms with Crippen molar-refractivity contribution in [2.75, 3.05) is 26.2 Å². The third-order valence-electron chi connectivity index (χ3n) is 5.25. The summed E-state index contributed by atoms with van der Waals surface area (Å²) in [4.78, 5) is 14.5. The number of carbonyl (C=O) groups is 1. The Morgan fingerprint density at radius 3 is 2.16 bits per heavy atom. The summed E-state index contributed by atoms with van der Waals surface area (Å²) < 4.78 is 0. The predicted octanol–water partition coefficient (Wildman–Crippen LogP) is 2.45. The number of nitrogens with one attached hydrogen (secondary N) is 1. The molecule has 3 fully saturated rings. The molecule has 2 heterocycles. The van der Waals surface area contributed by atoms with Gasteiger partial charge >= 0.3 is 0 Å². The van der Waals surface area contributed by atoms with E-state index in [-0.39, 0.29) is 12.4 Å². The van der Waals surface area contributed by atoms with Crippen molar-refractivity contribution in [2.24, 2.45) is 17.8 Å². The van der Waals surface area contributed by atoms with Gasteiger partial charge in [0.2, 0.25) is 5.91 Å². The van der Waals surface area contributed by atoms with Gasteiger partial charge in [0.25, 0.3) is 0 Å². The number of carbonyl (C=O) groups excluding carboxylic acids is 1. The Kier molecular flexibility index (Phi) is 5.52. The van der Waals surface area contributed by atoms with Gasteiger partial charge in [0.05, 0.1) is 0 Å². The van der Waals surface area contributed by atoms with Gasteiger partial charge < -0.3 is 10.2 Å². The first-order valence-electron chi connectivity index (χ1n) is 7.81. The van der Waals surface area contributed by atoms with Crippen LogP contribution in [0.15, 0.2) is 0 Å². The highest BCUT2D eigenvalue weighted by Crippen LogP contribution is 2.36. The quantitative estimate of drug-likeness (QED) is 0.846. The highest BCUT2D eigenvalue weighted by atomic mass is 35.5. The molecular formula is C15H27ClN2O. The number of rotatable bonds is 2. The Hall–Kier alpha value is -0.280.